The van der Waals surface area contributed by atoms with Crippen LogP contribution in [0.3, 0.4) is 0 Å². The number of aliphatic hydroxyl groups excluding tert-OH is 2. The van der Waals surface area contributed by atoms with Crippen LogP contribution in [-0.2, 0) is 6.54 Å². The van der Waals surface area contributed by atoms with Crippen LogP contribution in [-0.4, -0.2) is 39.1 Å². The van der Waals surface area contributed by atoms with Gasteiger partial charge in [-0.3, -0.25) is 4.99 Å². The van der Waals surface area contributed by atoms with E-state index in [1.54, 1.807) is 36.7 Å². The quantitative estimate of drug-likeness (QED) is 0.428. The van der Waals surface area contributed by atoms with E-state index in [2.05, 4.69) is 9.98 Å². The van der Waals surface area contributed by atoms with Crippen molar-refractivity contribution in [1.29, 1.82) is 0 Å². The second-order valence-electron chi connectivity index (χ2n) is 6.84. The van der Waals surface area contributed by atoms with Crippen LogP contribution in [0.1, 0.15) is 29.3 Å². The molecule has 0 saturated heterocycles. The minimum atomic E-state index is -1.20. The number of hydrogen-bond donors (Lipinski definition) is 2. The third-order valence-electron chi connectivity index (χ3n) is 4.82. The first-order valence-electron chi connectivity index (χ1n) is 9.51. The minimum absolute atomic E-state index is 0.0863. The predicted octanol–water partition coefficient (Wildman–Crippen LogP) is 4.34. The van der Waals surface area contributed by atoms with E-state index < -0.39 is 6.10 Å². The normalized spacial score (nSPS) is 13.3. The zero-order valence-electron chi connectivity index (χ0n) is 16.5. The summed E-state index contributed by atoms with van der Waals surface area (Å²) in [6, 6.07) is 12.5. The van der Waals surface area contributed by atoms with Crippen molar-refractivity contribution in [3.8, 4) is 0 Å². The Kier molecular flexibility index (Phi) is 7.08. The van der Waals surface area contributed by atoms with Crippen molar-refractivity contribution in [2.24, 2.45) is 4.99 Å². The summed E-state index contributed by atoms with van der Waals surface area (Å²) in [4.78, 5) is 7.91. The zero-order chi connectivity index (χ0) is 21.5. The molecule has 2 N–H and O–H groups in total. The number of imidazole rings is 1. The number of aromatic nitrogens is 2. The van der Waals surface area contributed by atoms with Gasteiger partial charge in [-0.25, -0.2) is 13.8 Å². The molecular formula is C23H23F2N3O2. The summed E-state index contributed by atoms with van der Waals surface area (Å²) in [6.45, 7) is 0.538. The van der Waals surface area contributed by atoms with Crippen LogP contribution in [0.4, 0.5) is 8.78 Å². The molecule has 3 aromatic rings. The van der Waals surface area contributed by atoms with Crippen LogP contribution >= 0.6 is 0 Å². The Morgan fingerprint density at radius 2 is 1.63 bits per heavy atom. The molecule has 0 bridgehead atoms. The molecule has 0 spiro atoms. The van der Waals surface area contributed by atoms with Crippen LogP contribution in [0, 0.1) is 11.6 Å². The average molecular weight is 411 g/mol. The molecule has 0 amide bonds. The van der Waals surface area contributed by atoms with Crippen LogP contribution < -0.4 is 0 Å². The fourth-order valence-corrected chi connectivity index (χ4v) is 3.27. The Labute approximate surface area is 173 Å². The maximum absolute atomic E-state index is 13.4. The fraction of sp³-hybridized carbons (Fsp3) is 0.217. The van der Waals surface area contributed by atoms with Crippen molar-refractivity contribution in [1.82, 2.24) is 9.55 Å². The van der Waals surface area contributed by atoms with Gasteiger partial charge < -0.3 is 14.8 Å². The number of aliphatic imine (C=N–C) groups is 1. The summed E-state index contributed by atoms with van der Waals surface area (Å²) in [6.07, 6.45) is 5.41. The van der Waals surface area contributed by atoms with Gasteiger partial charge in [0.1, 0.15) is 29.3 Å². The second-order valence-corrected chi connectivity index (χ2v) is 6.84. The maximum Gasteiger partial charge on any atom is 0.145 e. The van der Waals surface area contributed by atoms with Crippen LogP contribution in [0.2, 0.25) is 0 Å². The molecule has 7 heteroatoms. The van der Waals surface area contributed by atoms with Gasteiger partial charge in [0.15, 0.2) is 0 Å². The summed E-state index contributed by atoms with van der Waals surface area (Å²) in [5, 5.41) is 19.8. The lowest BCUT2D eigenvalue weighted by Gasteiger charge is -2.19. The second kappa shape index (κ2) is 9.93. The van der Waals surface area contributed by atoms with Crippen molar-refractivity contribution in [2.45, 2.75) is 25.0 Å². The Balaban J connectivity index is 1.83. The lowest BCUT2D eigenvalue weighted by molar-refractivity contribution is 0.214. The number of rotatable bonds is 8. The molecule has 2 aromatic carbocycles. The Morgan fingerprint density at radius 3 is 2.17 bits per heavy atom. The Morgan fingerprint density at radius 1 is 1.07 bits per heavy atom. The minimum Gasteiger partial charge on any atom is -0.509 e. The molecule has 3 rings (SSSR count). The smallest absolute Gasteiger partial charge is 0.145 e. The van der Waals surface area contributed by atoms with Crippen molar-refractivity contribution >= 4 is 12.3 Å². The summed E-state index contributed by atoms with van der Waals surface area (Å²) in [7, 11) is 1.50. The molecule has 30 heavy (non-hydrogen) atoms. The fourth-order valence-electron chi connectivity index (χ4n) is 3.27. The van der Waals surface area contributed by atoms with Gasteiger partial charge in [-0.1, -0.05) is 24.3 Å². The Hall–Kier alpha value is -3.32. The summed E-state index contributed by atoms with van der Waals surface area (Å²) < 4.78 is 28.6. The number of benzene rings is 2. The topological polar surface area (TPSA) is 70.6 Å². The molecule has 0 fully saturated rings. The third-order valence-corrected chi connectivity index (χ3v) is 4.82. The first-order chi connectivity index (χ1) is 14.5. The number of aryl methyl sites for hydroxylation is 1. The van der Waals surface area contributed by atoms with Crippen molar-refractivity contribution < 1.29 is 19.0 Å². The third kappa shape index (κ3) is 5.39. The van der Waals surface area contributed by atoms with E-state index in [1.165, 1.54) is 43.6 Å². The average Bonchev–Trinajstić information content (AvgIpc) is 3.17. The van der Waals surface area contributed by atoms with E-state index in [0.717, 1.165) is 11.1 Å². The standard InChI is InChI=1S/C23H23F2N3O2/c1-26-15-22(30)21(29)14-23-27-11-13-28(23)12-10-20(16-2-6-18(24)7-3-16)17-4-8-19(25)9-5-17/h2-9,11,13-15,20,22,29-30H,10,12H2,1H3/b21-14-,26-15?. The van der Waals surface area contributed by atoms with Gasteiger partial charge in [0.05, 0.1) is 0 Å². The maximum atomic E-state index is 13.4. The highest BCUT2D eigenvalue weighted by Gasteiger charge is 2.16. The van der Waals surface area contributed by atoms with Crippen molar-refractivity contribution in [3.05, 3.63) is 95.3 Å². The van der Waals surface area contributed by atoms with E-state index in [9.17, 15) is 19.0 Å². The molecule has 1 heterocycles. The summed E-state index contributed by atoms with van der Waals surface area (Å²) in [5.41, 5.74) is 1.83. The molecule has 0 aliphatic heterocycles. The number of halogens is 2. The molecule has 5 nitrogen and oxygen atoms in total. The van der Waals surface area contributed by atoms with Gasteiger partial charge in [-0.05, 0) is 41.8 Å². The Bertz CT molecular complexity index is 966. The van der Waals surface area contributed by atoms with Gasteiger partial charge in [0.2, 0.25) is 0 Å². The molecule has 0 radical (unpaired) electrons. The van der Waals surface area contributed by atoms with E-state index in [4.69, 9.17) is 0 Å². The molecule has 0 saturated carbocycles. The molecule has 156 valence electrons. The van der Waals surface area contributed by atoms with Crippen LogP contribution in [0.15, 0.2) is 71.7 Å². The monoisotopic (exact) mass is 411 g/mol. The molecule has 1 aromatic heterocycles. The van der Waals surface area contributed by atoms with E-state index in [0.29, 0.717) is 18.8 Å². The number of hydrogen-bond acceptors (Lipinski definition) is 4. The SMILES string of the molecule is CN=CC(O)/C(O)=C/c1nccn1CCC(c1ccc(F)cc1)c1ccc(F)cc1. The van der Waals surface area contributed by atoms with Gasteiger partial charge in [-0.2, -0.15) is 0 Å². The molecular weight excluding hydrogens is 388 g/mol. The molecule has 0 aliphatic carbocycles. The predicted molar refractivity (Wildman–Crippen MR) is 113 cm³/mol. The van der Waals surface area contributed by atoms with Gasteiger partial charge in [0.25, 0.3) is 0 Å². The van der Waals surface area contributed by atoms with Gasteiger partial charge in [0, 0.05) is 44.2 Å². The molecule has 1 unspecified atom stereocenters. The lowest BCUT2D eigenvalue weighted by atomic mass is 9.88. The molecule has 0 aliphatic rings. The first kappa shape index (κ1) is 21.4. The first-order valence-corrected chi connectivity index (χ1v) is 9.51. The number of aliphatic hydroxyl groups is 2. The lowest BCUT2D eigenvalue weighted by Crippen LogP contribution is -2.12. The van der Waals surface area contributed by atoms with Crippen LogP contribution in [0.5, 0.6) is 0 Å². The highest BCUT2D eigenvalue weighted by atomic mass is 19.1. The number of nitrogens with zero attached hydrogens (tertiary/aromatic N) is 3. The highest BCUT2D eigenvalue weighted by molar-refractivity contribution is 5.68. The van der Waals surface area contributed by atoms with E-state index in [1.807, 2.05) is 4.57 Å². The van der Waals surface area contributed by atoms with Crippen molar-refractivity contribution in [3.63, 3.8) is 0 Å². The van der Waals surface area contributed by atoms with E-state index >= 15 is 0 Å². The zero-order valence-corrected chi connectivity index (χ0v) is 16.5. The summed E-state index contributed by atoms with van der Waals surface area (Å²) in [5.74, 6) is -0.502. The van der Waals surface area contributed by atoms with Gasteiger partial charge >= 0.3 is 0 Å². The largest absolute Gasteiger partial charge is 0.509 e. The van der Waals surface area contributed by atoms with Crippen molar-refractivity contribution in [2.75, 3.05) is 7.05 Å². The highest BCUT2D eigenvalue weighted by Crippen LogP contribution is 2.29. The van der Waals surface area contributed by atoms with E-state index in [-0.39, 0.29) is 23.3 Å². The van der Waals surface area contributed by atoms with Crippen LogP contribution in [0.25, 0.3) is 6.08 Å². The molecule has 1 atom stereocenters. The van der Waals surface area contributed by atoms with Gasteiger partial charge in [-0.15, -0.1) is 0 Å². The summed E-state index contributed by atoms with van der Waals surface area (Å²) >= 11 is 0.